The van der Waals surface area contributed by atoms with Crippen LogP contribution in [0.15, 0.2) is 45.7 Å². The van der Waals surface area contributed by atoms with Crippen molar-refractivity contribution in [3.05, 3.63) is 58.0 Å². The van der Waals surface area contributed by atoms with Crippen LogP contribution >= 0.6 is 0 Å². The van der Waals surface area contributed by atoms with E-state index >= 15 is 0 Å². The van der Waals surface area contributed by atoms with Crippen LogP contribution in [0.5, 0.6) is 0 Å². The molecule has 2 aromatic rings. The molecule has 1 unspecified atom stereocenters. The monoisotopic (exact) mass is 340 g/mol. The van der Waals surface area contributed by atoms with Crippen LogP contribution in [0.25, 0.3) is 0 Å². The van der Waals surface area contributed by atoms with Gasteiger partial charge in [-0.3, -0.25) is 10.1 Å². The van der Waals surface area contributed by atoms with Crippen LogP contribution in [0.1, 0.15) is 29.3 Å². The van der Waals surface area contributed by atoms with Crippen molar-refractivity contribution in [3.8, 4) is 0 Å². The first-order valence-electron chi connectivity index (χ1n) is 6.31. The number of nitro groups is 1. The number of carboxylic acid groups (broad SMARTS) is 1. The third-order valence-electron chi connectivity index (χ3n) is 2.95. The summed E-state index contributed by atoms with van der Waals surface area (Å²) in [5.74, 6) is -1.55. The Labute approximate surface area is 130 Å². The van der Waals surface area contributed by atoms with E-state index in [1.54, 1.807) is 0 Å². The largest absolute Gasteiger partial charge is 0.475 e. The molecule has 2 N–H and O–H groups in total. The molecular formula is C13H12N2O7S. The van der Waals surface area contributed by atoms with Crippen molar-refractivity contribution in [1.29, 1.82) is 0 Å². The average molecular weight is 340 g/mol. The van der Waals surface area contributed by atoms with Crippen molar-refractivity contribution in [3.63, 3.8) is 0 Å². The Hall–Kier alpha value is -2.72. The van der Waals surface area contributed by atoms with E-state index in [-0.39, 0.29) is 11.5 Å². The van der Waals surface area contributed by atoms with Crippen molar-refractivity contribution in [1.82, 2.24) is 4.72 Å². The maximum Gasteiger partial charge on any atom is 0.371 e. The van der Waals surface area contributed by atoms with Crippen LogP contribution in [0.4, 0.5) is 5.69 Å². The van der Waals surface area contributed by atoms with Gasteiger partial charge >= 0.3 is 5.97 Å². The fraction of sp³-hybridized carbons (Fsp3) is 0.154. The van der Waals surface area contributed by atoms with E-state index in [1.165, 1.54) is 31.2 Å². The highest BCUT2D eigenvalue weighted by Crippen LogP contribution is 2.25. The number of hydrogen-bond donors (Lipinski definition) is 2. The number of para-hydroxylation sites is 1. The van der Waals surface area contributed by atoms with Gasteiger partial charge in [0.1, 0.15) is 5.76 Å². The number of nitrogens with zero attached hydrogens (tertiary/aromatic N) is 1. The lowest BCUT2D eigenvalue weighted by molar-refractivity contribution is -0.387. The number of carbonyl (C=O) groups is 1. The lowest BCUT2D eigenvalue weighted by Crippen LogP contribution is -2.27. The molecule has 0 aliphatic rings. The number of carboxylic acids is 1. The van der Waals surface area contributed by atoms with Crippen molar-refractivity contribution in [2.75, 3.05) is 0 Å². The van der Waals surface area contributed by atoms with E-state index in [0.717, 1.165) is 12.1 Å². The second-order valence-electron chi connectivity index (χ2n) is 4.57. The number of aromatic carboxylic acids is 1. The molecule has 122 valence electrons. The van der Waals surface area contributed by atoms with Gasteiger partial charge in [0.25, 0.3) is 5.69 Å². The predicted octanol–water partition coefficient (Wildman–Crippen LogP) is 1.93. The highest BCUT2D eigenvalue weighted by Gasteiger charge is 2.28. The summed E-state index contributed by atoms with van der Waals surface area (Å²) in [6.07, 6.45) is 0. The molecule has 1 aromatic heterocycles. The number of nitro benzene ring substituents is 1. The summed E-state index contributed by atoms with van der Waals surface area (Å²) in [6.45, 7) is 1.43. The van der Waals surface area contributed by atoms with Gasteiger partial charge in [0.2, 0.25) is 15.8 Å². The fourth-order valence-electron chi connectivity index (χ4n) is 1.89. The summed E-state index contributed by atoms with van der Waals surface area (Å²) < 4.78 is 31.8. The molecule has 0 spiro atoms. The summed E-state index contributed by atoms with van der Waals surface area (Å²) >= 11 is 0. The van der Waals surface area contributed by atoms with Gasteiger partial charge in [-0.15, -0.1) is 0 Å². The normalized spacial score (nSPS) is 12.7. The zero-order valence-electron chi connectivity index (χ0n) is 11.8. The summed E-state index contributed by atoms with van der Waals surface area (Å²) in [7, 11) is -4.19. The van der Waals surface area contributed by atoms with Gasteiger partial charge in [0, 0.05) is 6.07 Å². The Morgan fingerprint density at radius 1 is 1.30 bits per heavy atom. The lowest BCUT2D eigenvalue weighted by atomic mass is 10.3. The first-order valence-corrected chi connectivity index (χ1v) is 7.79. The number of nitrogens with one attached hydrogen (secondary N) is 1. The standard InChI is InChI=1S/C13H12N2O7S/c1-8(10-6-7-11(22-10)13(16)17)14-23(20,21)12-5-3-2-4-9(12)15(18)19/h2-8,14H,1H3,(H,16,17). The molecule has 23 heavy (non-hydrogen) atoms. The maximum absolute atomic E-state index is 12.3. The fourth-order valence-corrected chi connectivity index (χ4v) is 3.27. The molecule has 0 bridgehead atoms. The summed E-state index contributed by atoms with van der Waals surface area (Å²) in [4.78, 5) is 20.4. The topological polar surface area (TPSA) is 140 Å². The lowest BCUT2D eigenvalue weighted by Gasteiger charge is -2.12. The van der Waals surface area contributed by atoms with Crippen LogP contribution in [-0.4, -0.2) is 24.4 Å². The SMILES string of the molecule is CC(NS(=O)(=O)c1ccccc1[N+](=O)[O-])c1ccc(C(=O)O)o1. The number of benzene rings is 1. The van der Waals surface area contributed by atoms with Crippen LogP contribution in [0.2, 0.25) is 0 Å². The maximum atomic E-state index is 12.3. The smallest absolute Gasteiger partial charge is 0.371 e. The Balaban J connectivity index is 2.30. The van der Waals surface area contributed by atoms with Gasteiger partial charge in [-0.2, -0.15) is 0 Å². The Kier molecular flexibility index (Phi) is 4.48. The first kappa shape index (κ1) is 16.6. The molecule has 0 fully saturated rings. The third-order valence-corrected chi connectivity index (χ3v) is 4.54. The Morgan fingerprint density at radius 3 is 2.52 bits per heavy atom. The van der Waals surface area contributed by atoms with Gasteiger partial charge < -0.3 is 9.52 Å². The second kappa shape index (κ2) is 6.18. The van der Waals surface area contributed by atoms with E-state index in [2.05, 4.69) is 4.72 Å². The minimum Gasteiger partial charge on any atom is -0.475 e. The molecule has 10 heteroatoms. The van der Waals surface area contributed by atoms with Crippen LogP contribution in [-0.2, 0) is 10.0 Å². The predicted molar refractivity (Wildman–Crippen MR) is 77.5 cm³/mol. The number of furan rings is 1. The van der Waals surface area contributed by atoms with Crippen LogP contribution < -0.4 is 4.72 Å². The zero-order valence-corrected chi connectivity index (χ0v) is 12.6. The van der Waals surface area contributed by atoms with E-state index in [9.17, 15) is 23.3 Å². The Morgan fingerprint density at radius 2 is 1.96 bits per heavy atom. The van der Waals surface area contributed by atoms with Crippen LogP contribution in [0.3, 0.4) is 0 Å². The molecule has 0 aliphatic carbocycles. The first-order chi connectivity index (χ1) is 10.7. The van der Waals surface area contributed by atoms with Gasteiger partial charge in [-0.25, -0.2) is 17.9 Å². The molecule has 1 aromatic carbocycles. The highest BCUT2D eigenvalue weighted by atomic mass is 32.2. The highest BCUT2D eigenvalue weighted by molar-refractivity contribution is 7.89. The van der Waals surface area contributed by atoms with E-state index in [4.69, 9.17) is 9.52 Å². The van der Waals surface area contributed by atoms with Gasteiger partial charge in [0.05, 0.1) is 11.0 Å². The molecule has 2 rings (SSSR count). The van der Waals surface area contributed by atoms with Gasteiger partial charge in [-0.05, 0) is 25.1 Å². The molecule has 0 saturated carbocycles. The molecular weight excluding hydrogens is 328 g/mol. The van der Waals surface area contributed by atoms with Crippen LogP contribution in [0, 0.1) is 10.1 Å². The molecule has 0 aliphatic heterocycles. The van der Waals surface area contributed by atoms with Gasteiger partial charge in [-0.1, -0.05) is 12.1 Å². The van der Waals surface area contributed by atoms with E-state index in [1.807, 2.05) is 0 Å². The zero-order chi connectivity index (χ0) is 17.2. The third kappa shape index (κ3) is 3.55. The average Bonchev–Trinajstić information content (AvgIpc) is 2.97. The quantitative estimate of drug-likeness (QED) is 0.604. The second-order valence-corrected chi connectivity index (χ2v) is 6.26. The minimum absolute atomic E-state index is 0.0737. The molecule has 0 radical (unpaired) electrons. The van der Waals surface area contributed by atoms with Crippen molar-refractivity contribution < 1.29 is 27.7 Å². The minimum atomic E-state index is -4.19. The molecule has 1 atom stereocenters. The molecule has 1 heterocycles. The molecule has 0 amide bonds. The van der Waals surface area contributed by atoms with E-state index in [0.29, 0.717) is 0 Å². The number of hydrogen-bond acceptors (Lipinski definition) is 6. The van der Waals surface area contributed by atoms with Crippen molar-refractivity contribution in [2.45, 2.75) is 17.9 Å². The molecule has 9 nitrogen and oxygen atoms in total. The van der Waals surface area contributed by atoms with Crippen molar-refractivity contribution >= 4 is 21.7 Å². The number of rotatable bonds is 6. The summed E-state index contributed by atoms with van der Waals surface area (Å²) in [5.41, 5.74) is -0.558. The summed E-state index contributed by atoms with van der Waals surface area (Å²) in [5, 5.41) is 19.7. The van der Waals surface area contributed by atoms with E-state index < -0.39 is 37.5 Å². The molecule has 0 saturated heterocycles. The number of sulfonamides is 1. The Bertz CT molecular complexity index is 857. The van der Waals surface area contributed by atoms with Gasteiger partial charge in [0.15, 0.2) is 4.90 Å². The summed E-state index contributed by atoms with van der Waals surface area (Å²) in [6, 6.07) is 6.50. The van der Waals surface area contributed by atoms with Crippen molar-refractivity contribution in [2.24, 2.45) is 0 Å².